The summed E-state index contributed by atoms with van der Waals surface area (Å²) >= 11 is 1.55. The Hall–Kier alpha value is -1.02. The van der Waals surface area contributed by atoms with Gasteiger partial charge in [-0.2, -0.15) is 0 Å². The standard InChI is InChI=1S/C11H16N2O4S/c1-6-11(12-5-18-6)10-3-7(13-17-10)2-8(15)9(16)4-14/h5,8-10,14-16H,2-4H2,1H3/t8-,9+,10?/m0/s1. The zero-order valence-corrected chi connectivity index (χ0v) is 10.8. The summed E-state index contributed by atoms with van der Waals surface area (Å²) in [5.74, 6) is 0. The van der Waals surface area contributed by atoms with Crippen molar-refractivity contribution in [1.29, 1.82) is 0 Å². The van der Waals surface area contributed by atoms with Gasteiger partial charge in [0.05, 0.1) is 29.6 Å². The predicted molar refractivity (Wildman–Crippen MR) is 66.4 cm³/mol. The minimum Gasteiger partial charge on any atom is -0.394 e. The lowest BCUT2D eigenvalue weighted by atomic mass is 10.0. The zero-order chi connectivity index (χ0) is 13.1. The van der Waals surface area contributed by atoms with Gasteiger partial charge in [0.25, 0.3) is 0 Å². The average Bonchev–Trinajstić information content (AvgIpc) is 2.96. The molecular formula is C11H16N2O4S. The van der Waals surface area contributed by atoms with Gasteiger partial charge in [-0.1, -0.05) is 5.16 Å². The molecule has 6 nitrogen and oxygen atoms in total. The molecule has 0 spiro atoms. The second kappa shape index (κ2) is 5.75. The zero-order valence-electron chi connectivity index (χ0n) is 9.98. The Morgan fingerprint density at radius 2 is 2.28 bits per heavy atom. The smallest absolute Gasteiger partial charge is 0.175 e. The van der Waals surface area contributed by atoms with E-state index in [1.165, 1.54) is 0 Å². The molecule has 0 radical (unpaired) electrons. The van der Waals surface area contributed by atoms with E-state index in [1.54, 1.807) is 16.8 Å². The third-order valence-corrected chi connectivity index (χ3v) is 3.67. The van der Waals surface area contributed by atoms with E-state index in [2.05, 4.69) is 10.1 Å². The topological polar surface area (TPSA) is 95.2 Å². The molecule has 0 saturated carbocycles. The maximum absolute atomic E-state index is 9.59. The second-order valence-electron chi connectivity index (χ2n) is 4.27. The van der Waals surface area contributed by atoms with Gasteiger partial charge >= 0.3 is 0 Å². The highest BCUT2D eigenvalue weighted by atomic mass is 32.1. The maximum atomic E-state index is 9.59. The van der Waals surface area contributed by atoms with E-state index in [4.69, 9.17) is 9.94 Å². The molecular weight excluding hydrogens is 256 g/mol. The number of aliphatic hydroxyl groups is 3. The highest BCUT2D eigenvalue weighted by Gasteiger charge is 2.28. The minimum absolute atomic E-state index is 0.196. The Labute approximate surface area is 109 Å². The molecule has 0 aliphatic carbocycles. The summed E-state index contributed by atoms with van der Waals surface area (Å²) in [5.41, 5.74) is 3.31. The molecule has 0 aromatic carbocycles. The molecule has 1 aromatic rings. The summed E-state index contributed by atoms with van der Waals surface area (Å²) in [6, 6.07) is 0. The van der Waals surface area contributed by atoms with E-state index in [9.17, 15) is 10.2 Å². The molecule has 0 bridgehead atoms. The van der Waals surface area contributed by atoms with Gasteiger partial charge in [-0.15, -0.1) is 11.3 Å². The van der Waals surface area contributed by atoms with Crippen molar-refractivity contribution in [3.8, 4) is 0 Å². The average molecular weight is 272 g/mol. The van der Waals surface area contributed by atoms with Crippen LogP contribution in [0.15, 0.2) is 10.7 Å². The first kappa shape index (κ1) is 13.4. The Balaban J connectivity index is 1.90. The lowest BCUT2D eigenvalue weighted by Gasteiger charge is -2.14. The molecule has 0 saturated heterocycles. The first-order chi connectivity index (χ1) is 8.61. The Morgan fingerprint density at radius 1 is 1.50 bits per heavy atom. The highest BCUT2D eigenvalue weighted by Crippen LogP contribution is 2.31. The first-order valence-electron chi connectivity index (χ1n) is 5.70. The van der Waals surface area contributed by atoms with E-state index in [0.717, 1.165) is 10.6 Å². The number of rotatable bonds is 5. The van der Waals surface area contributed by atoms with Crippen molar-refractivity contribution in [2.75, 3.05) is 6.61 Å². The van der Waals surface area contributed by atoms with Crippen LogP contribution in [0.5, 0.6) is 0 Å². The van der Waals surface area contributed by atoms with Gasteiger partial charge in [0.15, 0.2) is 6.10 Å². The Morgan fingerprint density at radius 3 is 2.89 bits per heavy atom. The lowest BCUT2D eigenvalue weighted by molar-refractivity contribution is -0.0101. The summed E-state index contributed by atoms with van der Waals surface area (Å²) in [4.78, 5) is 10.6. The molecule has 100 valence electrons. The van der Waals surface area contributed by atoms with Gasteiger partial charge in [0.1, 0.15) is 6.10 Å². The number of nitrogens with zero attached hydrogens (tertiary/aromatic N) is 2. The van der Waals surface area contributed by atoms with Crippen LogP contribution in [0.1, 0.15) is 29.5 Å². The monoisotopic (exact) mass is 272 g/mol. The van der Waals surface area contributed by atoms with Crippen LogP contribution < -0.4 is 0 Å². The normalized spacial score (nSPS) is 22.4. The van der Waals surface area contributed by atoms with Gasteiger partial charge in [-0.05, 0) is 6.92 Å². The summed E-state index contributed by atoms with van der Waals surface area (Å²) in [7, 11) is 0. The van der Waals surface area contributed by atoms with Gasteiger partial charge in [-0.3, -0.25) is 0 Å². The largest absolute Gasteiger partial charge is 0.394 e. The van der Waals surface area contributed by atoms with Crippen LogP contribution >= 0.6 is 11.3 Å². The number of hydrogen-bond donors (Lipinski definition) is 3. The molecule has 0 fully saturated rings. The lowest BCUT2D eigenvalue weighted by Crippen LogP contribution is -2.31. The van der Waals surface area contributed by atoms with Crippen molar-refractivity contribution in [3.05, 3.63) is 16.1 Å². The van der Waals surface area contributed by atoms with Crippen molar-refractivity contribution in [2.45, 2.75) is 38.1 Å². The number of oxime groups is 1. The van der Waals surface area contributed by atoms with Crippen LogP contribution in [-0.4, -0.2) is 44.8 Å². The predicted octanol–water partition coefficient (Wildman–Crippen LogP) is 0.373. The van der Waals surface area contributed by atoms with Crippen LogP contribution in [-0.2, 0) is 4.84 Å². The molecule has 0 amide bonds. The Kier molecular flexibility index (Phi) is 4.28. The van der Waals surface area contributed by atoms with Crippen molar-refractivity contribution in [1.82, 2.24) is 4.98 Å². The van der Waals surface area contributed by atoms with Gasteiger partial charge in [0, 0.05) is 17.7 Å². The van der Waals surface area contributed by atoms with Crippen LogP contribution in [0, 0.1) is 6.92 Å². The summed E-state index contributed by atoms with van der Waals surface area (Å²) < 4.78 is 0. The molecule has 7 heteroatoms. The van der Waals surface area contributed by atoms with Gasteiger partial charge in [-0.25, -0.2) is 4.98 Å². The number of aryl methyl sites for hydroxylation is 1. The fraction of sp³-hybridized carbons (Fsp3) is 0.636. The fourth-order valence-corrected chi connectivity index (χ4v) is 2.45. The quantitative estimate of drug-likeness (QED) is 0.720. The summed E-state index contributed by atoms with van der Waals surface area (Å²) in [6.45, 7) is 1.50. The van der Waals surface area contributed by atoms with Gasteiger partial charge in [0.2, 0.25) is 0 Å². The van der Waals surface area contributed by atoms with Crippen LogP contribution in [0.3, 0.4) is 0 Å². The molecule has 1 aromatic heterocycles. The molecule has 2 heterocycles. The van der Waals surface area contributed by atoms with Crippen molar-refractivity contribution in [3.63, 3.8) is 0 Å². The molecule has 18 heavy (non-hydrogen) atoms. The minimum atomic E-state index is -1.15. The Bertz CT molecular complexity index is 434. The van der Waals surface area contributed by atoms with Crippen molar-refractivity contribution in [2.24, 2.45) is 5.16 Å². The number of hydrogen-bond acceptors (Lipinski definition) is 7. The molecule has 3 N–H and O–H groups in total. The van der Waals surface area contributed by atoms with Gasteiger partial charge < -0.3 is 20.2 Å². The summed E-state index contributed by atoms with van der Waals surface area (Å²) in [6.07, 6.45) is -1.62. The maximum Gasteiger partial charge on any atom is 0.175 e. The van der Waals surface area contributed by atoms with Crippen LogP contribution in [0.2, 0.25) is 0 Å². The third-order valence-electron chi connectivity index (χ3n) is 2.89. The number of thiazole rings is 1. The molecule has 1 unspecified atom stereocenters. The van der Waals surface area contributed by atoms with Crippen LogP contribution in [0.25, 0.3) is 0 Å². The van der Waals surface area contributed by atoms with Crippen molar-refractivity contribution < 1.29 is 20.2 Å². The third kappa shape index (κ3) is 2.86. The highest BCUT2D eigenvalue weighted by molar-refractivity contribution is 7.09. The molecule has 1 aliphatic rings. The van der Waals surface area contributed by atoms with E-state index in [-0.39, 0.29) is 12.5 Å². The fourth-order valence-electron chi connectivity index (χ4n) is 1.82. The first-order valence-corrected chi connectivity index (χ1v) is 6.58. The molecule has 2 rings (SSSR count). The number of aromatic nitrogens is 1. The van der Waals surface area contributed by atoms with E-state index in [0.29, 0.717) is 12.1 Å². The van der Waals surface area contributed by atoms with E-state index >= 15 is 0 Å². The van der Waals surface area contributed by atoms with Crippen LogP contribution in [0.4, 0.5) is 0 Å². The van der Waals surface area contributed by atoms with E-state index < -0.39 is 18.8 Å². The van der Waals surface area contributed by atoms with E-state index in [1.807, 2.05) is 6.92 Å². The molecule has 1 aliphatic heterocycles. The summed E-state index contributed by atoms with van der Waals surface area (Å²) in [5, 5.41) is 31.5. The van der Waals surface area contributed by atoms with Crippen molar-refractivity contribution >= 4 is 17.0 Å². The molecule has 3 atom stereocenters. The SMILES string of the molecule is Cc1scnc1C1CC(C[C@H](O)[C@H](O)CO)=NO1. The number of aliphatic hydroxyl groups excluding tert-OH is 3. The second-order valence-corrected chi connectivity index (χ2v) is 5.33.